The van der Waals surface area contributed by atoms with Crippen molar-refractivity contribution in [3.8, 4) is 0 Å². The molecule has 1 saturated carbocycles. The molecular weight excluding hydrogens is 572 g/mol. The number of para-hydroxylation sites is 1. The minimum Gasteiger partial charge on any atom is -0.427 e. The number of ether oxygens (including phenoxy) is 1. The van der Waals surface area contributed by atoms with Gasteiger partial charge in [0.05, 0.1) is 6.54 Å². The van der Waals surface area contributed by atoms with Gasteiger partial charge in [-0.05, 0) is 72.2 Å². The Morgan fingerprint density at radius 1 is 1.04 bits per heavy atom. The quantitative estimate of drug-likeness (QED) is 0.156. The van der Waals surface area contributed by atoms with Crippen molar-refractivity contribution >= 4 is 28.6 Å². The molecule has 1 aliphatic carbocycles. The monoisotopic (exact) mass is 616 g/mol. The first-order valence-electron chi connectivity index (χ1n) is 16.2. The van der Waals surface area contributed by atoms with Crippen molar-refractivity contribution in [1.29, 1.82) is 0 Å². The summed E-state index contributed by atoms with van der Waals surface area (Å²) >= 11 is 0. The van der Waals surface area contributed by atoms with Crippen molar-refractivity contribution in [3.63, 3.8) is 0 Å². The van der Waals surface area contributed by atoms with Crippen molar-refractivity contribution in [3.05, 3.63) is 126 Å². The molecule has 238 valence electrons. The molecule has 0 bridgehead atoms. The van der Waals surface area contributed by atoms with Crippen LogP contribution in [-0.4, -0.2) is 34.4 Å². The van der Waals surface area contributed by atoms with E-state index in [0.29, 0.717) is 42.8 Å². The van der Waals surface area contributed by atoms with E-state index in [-0.39, 0.29) is 5.91 Å². The van der Waals surface area contributed by atoms with Crippen LogP contribution in [0.2, 0.25) is 0 Å². The highest BCUT2D eigenvalue weighted by atomic mass is 16.5. The number of carbonyl (C=O) groups is 1. The van der Waals surface area contributed by atoms with E-state index in [4.69, 9.17) is 10.5 Å². The predicted molar refractivity (Wildman–Crippen MR) is 187 cm³/mol. The van der Waals surface area contributed by atoms with Gasteiger partial charge in [0.15, 0.2) is 11.8 Å². The van der Waals surface area contributed by atoms with Crippen LogP contribution in [0.5, 0.6) is 0 Å². The fourth-order valence-corrected chi connectivity index (χ4v) is 5.40. The molecular formula is C38H44N6O2. The Morgan fingerprint density at radius 2 is 1.78 bits per heavy atom. The SMILES string of the molecule is C=C(c1ccccc1)c1ccccc1NC(=O)C(CCC)NC1=CCN=C(C/C(=C\C(=C/N)C2CC2)c2cnc(CCC)nc2)O1. The van der Waals surface area contributed by atoms with E-state index in [1.165, 1.54) is 0 Å². The first-order chi connectivity index (χ1) is 22.5. The lowest BCUT2D eigenvalue weighted by molar-refractivity contribution is -0.118. The first kappa shape index (κ1) is 32.4. The molecule has 0 saturated heterocycles. The lowest BCUT2D eigenvalue weighted by atomic mass is 9.98. The average Bonchev–Trinajstić information content (AvgIpc) is 3.93. The molecule has 46 heavy (non-hydrogen) atoms. The Hall–Kier alpha value is -4.98. The molecule has 3 aromatic rings. The van der Waals surface area contributed by atoms with E-state index < -0.39 is 6.04 Å². The van der Waals surface area contributed by atoms with Gasteiger partial charge in [0.25, 0.3) is 0 Å². The maximum absolute atomic E-state index is 13.7. The van der Waals surface area contributed by atoms with Gasteiger partial charge in [-0.15, -0.1) is 0 Å². The van der Waals surface area contributed by atoms with Crippen LogP contribution >= 0.6 is 0 Å². The van der Waals surface area contributed by atoms with E-state index in [1.807, 2.05) is 73.1 Å². The number of nitrogens with zero attached hydrogens (tertiary/aromatic N) is 3. The number of hydrogen-bond acceptors (Lipinski definition) is 7. The number of anilines is 1. The number of carbonyl (C=O) groups excluding carboxylic acids is 1. The molecule has 0 spiro atoms. The van der Waals surface area contributed by atoms with Crippen LogP contribution in [0.15, 0.2) is 108 Å². The normalized spacial score (nSPS) is 15.7. The average molecular weight is 617 g/mol. The number of aryl methyl sites for hydroxylation is 1. The molecule has 0 radical (unpaired) electrons. The molecule has 8 nitrogen and oxygen atoms in total. The number of aliphatic imine (C=N–C) groups is 1. The van der Waals surface area contributed by atoms with E-state index in [1.54, 1.807) is 6.20 Å². The molecule has 1 unspecified atom stereocenters. The standard InChI is InChI=1S/C38H44N6O2/c1-4-11-34(38(45)44-33-16-10-9-15-32(33)26(3)27-13-7-6-8-14-27)43-36-19-20-40-37(46-36)22-29(21-30(23-39)28-17-18-28)31-24-41-35(12-5-2)42-25-31/h6-10,13-16,19,21,23-25,28,34,43H,3-5,11-12,17-18,20,22,39H2,1-2H3,(H,44,45)/b29-21+,30-23+. The van der Waals surface area contributed by atoms with Crippen LogP contribution in [0, 0.1) is 5.92 Å². The zero-order valence-corrected chi connectivity index (χ0v) is 26.8. The molecule has 1 aliphatic heterocycles. The Morgan fingerprint density at radius 3 is 2.48 bits per heavy atom. The summed E-state index contributed by atoms with van der Waals surface area (Å²) in [5.74, 6) is 2.24. The maximum Gasteiger partial charge on any atom is 0.246 e. The van der Waals surface area contributed by atoms with Crippen LogP contribution in [0.3, 0.4) is 0 Å². The minimum atomic E-state index is -0.509. The number of nitrogens with one attached hydrogen (secondary N) is 2. The zero-order valence-electron chi connectivity index (χ0n) is 26.8. The number of aromatic nitrogens is 2. The molecule has 2 heterocycles. The molecule has 5 rings (SSSR count). The lowest BCUT2D eigenvalue weighted by Gasteiger charge is -2.24. The minimum absolute atomic E-state index is 0.143. The molecule has 1 atom stereocenters. The second-order valence-corrected chi connectivity index (χ2v) is 11.7. The summed E-state index contributed by atoms with van der Waals surface area (Å²) in [7, 11) is 0. The fourth-order valence-electron chi connectivity index (χ4n) is 5.40. The van der Waals surface area contributed by atoms with Crippen LogP contribution < -0.4 is 16.4 Å². The second-order valence-electron chi connectivity index (χ2n) is 11.7. The summed E-state index contributed by atoms with van der Waals surface area (Å²) in [4.78, 5) is 27.5. The van der Waals surface area contributed by atoms with Gasteiger partial charge in [-0.1, -0.05) is 81.5 Å². The number of hydrogen-bond donors (Lipinski definition) is 3. The highest BCUT2D eigenvalue weighted by Crippen LogP contribution is 2.38. The Labute approximate surface area is 272 Å². The van der Waals surface area contributed by atoms with Gasteiger partial charge in [0, 0.05) is 42.0 Å². The van der Waals surface area contributed by atoms with Gasteiger partial charge < -0.3 is 21.1 Å². The van der Waals surface area contributed by atoms with Crippen LogP contribution in [0.4, 0.5) is 5.69 Å². The molecule has 4 N–H and O–H groups in total. The van der Waals surface area contributed by atoms with Gasteiger partial charge in [-0.25, -0.2) is 9.97 Å². The summed E-state index contributed by atoms with van der Waals surface area (Å²) < 4.78 is 6.26. The van der Waals surface area contributed by atoms with Crippen molar-refractivity contribution < 1.29 is 9.53 Å². The topological polar surface area (TPSA) is 115 Å². The highest BCUT2D eigenvalue weighted by molar-refractivity contribution is 5.99. The summed E-state index contributed by atoms with van der Waals surface area (Å²) in [6.45, 7) is 8.93. The summed E-state index contributed by atoms with van der Waals surface area (Å²) in [5, 5.41) is 6.49. The third-order valence-corrected chi connectivity index (χ3v) is 8.09. The molecule has 2 aromatic carbocycles. The van der Waals surface area contributed by atoms with E-state index in [9.17, 15) is 4.79 Å². The van der Waals surface area contributed by atoms with Gasteiger partial charge in [-0.3, -0.25) is 9.79 Å². The van der Waals surface area contributed by atoms with Crippen molar-refractivity contribution in [2.24, 2.45) is 16.6 Å². The summed E-state index contributed by atoms with van der Waals surface area (Å²) in [5.41, 5.74) is 12.5. The molecule has 1 aromatic heterocycles. The first-order valence-corrected chi connectivity index (χ1v) is 16.2. The van der Waals surface area contributed by atoms with Crippen molar-refractivity contribution in [2.75, 3.05) is 11.9 Å². The molecule has 8 heteroatoms. The van der Waals surface area contributed by atoms with Crippen molar-refractivity contribution in [2.45, 2.75) is 64.8 Å². The zero-order chi connectivity index (χ0) is 32.3. The Balaban J connectivity index is 1.28. The Kier molecular flexibility index (Phi) is 11.2. The maximum atomic E-state index is 13.7. The highest BCUT2D eigenvalue weighted by Gasteiger charge is 2.26. The van der Waals surface area contributed by atoms with Crippen molar-refractivity contribution in [1.82, 2.24) is 15.3 Å². The largest absolute Gasteiger partial charge is 0.427 e. The lowest BCUT2D eigenvalue weighted by Crippen LogP contribution is -2.41. The molecule has 1 fully saturated rings. The van der Waals surface area contributed by atoms with Gasteiger partial charge in [0.2, 0.25) is 5.91 Å². The smallest absolute Gasteiger partial charge is 0.246 e. The van der Waals surface area contributed by atoms with Gasteiger partial charge in [0.1, 0.15) is 11.9 Å². The van der Waals surface area contributed by atoms with E-state index >= 15 is 0 Å². The van der Waals surface area contributed by atoms with Crippen LogP contribution in [-0.2, 0) is 16.0 Å². The Bertz CT molecular complexity index is 1640. The van der Waals surface area contributed by atoms with Gasteiger partial charge >= 0.3 is 0 Å². The summed E-state index contributed by atoms with van der Waals surface area (Å²) in [6, 6.07) is 17.2. The molecule has 2 aliphatic rings. The number of amides is 1. The number of rotatable bonds is 15. The molecule has 1 amide bonds. The number of benzene rings is 2. The van der Waals surface area contributed by atoms with Crippen LogP contribution in [0.1, 0.15) is 74.9 Å². The summed E-state index contributed by atoms with van der Waals surface area (Å²) in [6.07, 6.45) is 15.4. The second kappa shape index (κ2) is 15.8. The van der Waals surface area contributed by atoms with E-state index in [0.717, 1.165) is 71.3 Å². The van der Waals surface area contributed by atoms with Crippen LogP contribution in [0.25, 0.3) is 11.1 Å². The predicted octanol–water partition coefficient (Wildman–Crippen LogP) is 7.18. The number of allylic oxidation sites excluding steroid dienone is 2. The third-order valence-electron chi connectivity index (χ3n) is 8.09. The fraction of sp³-hybridized carbons (Fsp3) is 0.316. The third kappa shape index (κ3) is 8.59. The van der Waals surface area contributed by atoms with Gasteiger partial charge in [-0.2, -0.15) is 0 Å². The van der Waals surface area contributed by atoms with E-state index in [2.05, 4.69) is 52.1 Å². The number of nitrogens with two attached hydrogens (primary N) is 1.